The fourth-order valence-electron chi connectivity index (χ4n) is 5.59. The van der Waals surface area contributed by atoms with Crippen LogP contribution in [-0.4, -0.2) is 68.1 Å². The molecule has 0 spiro atoms. The Morgan fingerprint density at radius 1 is 0.932 bits per heavy atom. The van der Waals surface area contributed by atoms with Crippen LogP contribution in [0.3, 0.4) is 0 Å². The molecule has 1 aliphatic heterocycles. The number of amides is 1. The van der Waals surface area contributed by atoms with Crippen molar-refractivity contribution in [3.05, 3.63) is 86.4 Å². The van der Waals surface area contributed by atoms with E-state index in [1.54, 1.807) is 7.11 Å². The van der Waals surface area contributed by atoms with E-state index in [1.165, 1.54) is 0 Å². The molecule has 1 N–H and O–H groups in total. The Kier molecular flexibility index (Phi) is 11.2. The summed E-state index contributed by atoms with van der Waals surface area (Å²) in [5.41, 5.74) is 3.99. The zero-order valence-electron chi connectivity index (χ0n) is 25.1. The zero-order valence-corrected chi connectivity index (χ0v) is 27.4. The topological polar surface area (TPSA) is 71.5 Å². The van der Waals surface area contributed by atoms with Gasteiger partial charge in [0.1, 0.15) is 19.0 Å². The van der Waals surface area contributed by atoms with Crippen molar-refractivity contribution in [1.29, 1.82) is 0 Å². The molecule has 2 aliphatic rings. The molecule has 2 fully saturated rings. The number of rotatable bonds is 13. The number of anilines is 1. The van der Waals surface area contributed by atoms with E-state index >= 15 is 0 Å². The van der Waals surface area contributed by atoms with E-state index in [1.807, 2.05) is 60.4 Å². The van der Waals surface area contributed by atoms with Crippen LogP contribution in [0.15, 0.2) is 54.6 Å². The highest BCUT2D eigenvalue weighted by molar-refractivity contribution is 6.37. The number of methoxy groups -OCH3 is 1. The van der Waals surface area contributed by atoms with Gasteiger partial charge in [-0.2, -0.15) is 0 Å². The summed E-state index contributed by atoms with van der Waals surface area (Å²) in [7, 11) is 1.68. The minimum Gasteiger partial charge on any atom is -0.490 e. The molecule has 3 aromatic rings. The van der Waals surface area contributed by atoms with E-state index in [2.05, 4.69) is 11.0 Å². The Morgan fingerprint density at radius 2 is 1.64 bits per heavy atom. The lowest BCUT2D eigenvalue weighted by Gasteiger charge is -2.39. The molecule has 236 valence electrons. The summed E-state index contributed by atoms with van der Waals surface area (Å²) in [4.78, 5) is 18.0. The molecule has 1 saturated carbocycles. The van der Waals surface area contributed by atoms with Gasteiger partial charge in [0.05, 0.1) is 28.7 Å². The summed E-state index contributed by atoms with van der Waals surface area (Å²) in [6, 6.07) is 17.5. The number of carbonyl (C=O) groups is 1. The van der Waals surface area contributed by atoms with E-state index in [0.29, 0.717) is 65.8 Å². The minimum atomic E-state index is -0.693. The molecular weight excluding hydrogens is 623 g/mol. The molecule has 1 aliphatic carbocycles. The number of halogens is 3. The number of hydrogen-bond donors (Lipinski definition) is 1. The van der Waals surface area contributed by atoms with Crippen LogP contribution in [0, 0.1) is 12.8 Å². The molecule has 44 heavy (non-hydrogen) atoms. The zero-order chi connectivity index (χ0) is 31.2. The number of aliphatic hydroxyl groups excluding tert-OH is 1. The van der Waals surface area contributed by atoms with Crippen molar-refractivity contribution in [2.45, 2.75) is 51.3 Å². The van der Waals surface area contributed by atoms with Gasteiger partial charge < -0.3 is 29.1 Å². The summed E-state index contributed by atoms with van der Waals surface area (Å²) >= 11 is 19.1. The molecule has 10 heteroatoms. The fourth-order valence-corrected chi connectivity index (χ4v) is 6.47. The SMILES string of the molecule is COCCc1ccc(Cl)c(CN(C(=O)C2CN(c3ccc(OCCOc4c(Cl)cc(C)cc4Cl)cc3)CCC2O)C2CC2)c1. The largest absolute Gasteiger partial charge is 0.490 e. The number of piperidine rings is 1. The molecule has 7 nitrogen and oxygen atoms in total. The maximum Gasteiger partial charge on any atom is 0.230 e. The standard InChI is InChI=1S/C34H39Cl3N2O5/c1-22-17-30(36)33(31(37)18-22)44-16-15-43-27-8-6-25(7-9-27)38-13-11-32(40)28(21-38)34(41)39(26-4-5-26)20-24-19-23(12-14-42-2)3-10-29(24)35/h3,6-10,17-19,26,28,32,40H,4-5,11-16,20-21H2,1-2H3. The van der Waals surface area contributed by atoms with Crippen molar-refractivity contribution >= 4 is 46.4 Å². The lowest BCUT2D eigenvalue weighted by molar-refractivity contribution is -0.141. The maximum atomic E-state index is 13.9. The summed E-state index contributed by atoms with van der Waals surface area (Å²) in [6.45, 7) is 4.69. The van der Waals surface area contributed by atoms with E-state index < -0.39 is 12.0 Å². The lowest BCUT2D eigenvalue weighted by Crippen LogP contribution is -2.51. The van der Waals surface area contributed by atoms with Gasteiger partial charge in [0, 0.05) is 43.5 Å². The second kappa shape index (κ2) is 15.1. The predicted octanol–water partition coefficient (Wildman–Crippen LogP) is 6.98. The van der Waals surface area contributed by atoms with Gasteiger partial charge in [-0.05, 0) is 91.8 Å². The number of aryl methyl sites for hydroxylation is 1. The first-order chi connectivity index (χ1) is 21.2. The second-order valence-corrected chi connectivity index (χ2v) is 12.7. The first-order valence-electron chi connectivity index (χ1n) is 15.0. The van der Waals surface area contributed by atoms with Crippen molar-refractivity contribution in [2.24, 2.45) is 5.92 Å². The molecule has 0 bridgehead atoms. The summed E-state index contributed by atoms with van der Waals surface area (Å²) in [5, 5.41) is 12.5. The van der Waals surface area contributed by atoms with Gasteiger partial charge in [0.25, 0.3) is 0 Å². The Labute approximate surface area is 274 Å². The van der Waals surface area contributed by atoms with Gasteiger partial charge in [-0.15, -0.1) is 0 Å². The van der Waals surface area contributed by atoms with Gasteiger partial charge in [-0.1, -0.05) is 46.9 Å². The first kappa shape index (κ1) is 32.7. The smallest absolute Gasteiger partial charge is 0.230 e. The number of aliphatic hydroxyl groups is 1. The van der Waals surface area contributed by atoms with E-state index in [-0.39, 0.29) is 18.6 Å². The average molecular weight is 662 g/mol. The van der Waals surface area contributed by atoms with Crippen molar-refractivity contribution in [3.8, 4) is 11.5 Å². The van der Waals surface area contributed by atoms with Crippen LogP contribution in [0.2, 0.25) is 15.1 Å². The second-order valence-electron chi connectivity index (χ2n) is 11.5. The van der Waals surface area contributed by atoms with Crippen LogP contribution < -0.4 is 14.4 Å². The normalized spacial score (nSPS) is 18.3. The van der Waals surface area contributed by atoms with Crippen LogP contribution in [0.4, 0.5) is 5.69 Å². The number of nitrogens with zero attached hydrogens (tertiary/aromatic N) is 2. The number of carbonyl (C=O) groups excluding carboxylic acids is 1. The lowest BCUT2D eigenvalue weighted by atomic mass is 9.92. The molecule has 1 heterocycles. The van der Waals surface area contributed by atoms with Crippen molar-refractivity contribution < 1.29 is 24.1 Å². The van der Waals surface area contributed by atoms with Crippen LogP contribution in [-0.2, 0) is 22.5 Å². The number of benzene rings is 3. The Balaban J connectivity index is 1.18. The van der Waals surface area contributed by atoms with Gasteiger partial charge in [0.2, 0.25) is 5.91 Å². The van der Waals surface area contributed by atoms with Gasteiger partial charge in [-0.25, -0.2) is 0 Å². The number of hydrogen-bond acceptors (Lipinski definition) is 6. The van der Waals surface area contributed by atoms with Crippen molar-refractivity contribution in [1.82, 2.24) is 4.90 Å². The van der Waals surface area contributed by atoms with Crippen LogP contribution in [0.5, 0.6) is 11.5 Å². The molecule has 2 unspecified atom stereocenters. The molecule has 2 atom stereocenters. The highest BCUT2D eigenvalue weighted by Gasteiger charge is 2.41. The third kappa shape index (κ3) is 8.32. The predicted molar refractivity (Wildman–Crippen MR) is 176 cm³/mol. The average Bonchev–Trinajstić information content (AvgIpc) is 3.85. The Morgan fingerprint density at radius 3 is 2.32 bits per heavy atom. The van der Waals surface area contributed by atoms with Crippen molar-refractivity contribution in [2.75, 3.05) is 44.9 Å². The summed E-state index contributed by atoms with van der Waals surface area (Å²) in [6.07, 6.45) is 2.54. The third-order valence-electron chi connectivity index (χ3n) is 8.15. The first-order valence-corrected chi connectivity index (χ1v) is 16.2. The van der Waals surface area contributed by atoms with E-state index in [4.69, 9.17) is 49.0 Å². The van der Waals surface area contributed by atoms with Gasteiger partial charge in [0.15, 0.2) is 5.75 Å². The third-order valence-corrected chi connectivity index (χ3v) is 9.08. The number of ether oxygens (including phenoxy) is 3. The molecule has 5 rings (SSSR count). The highest BCUT2D eigenvalue weighted by atomic mass is 35.5. The molecule has 3 aromatic carbocycles. The molecule has 1 saturated heterocycles. The van der Waals surface area contributed by atoms with Crippen LogP contribution in [0.1, 0.15) is 36.0 Å². The Bertz CT molecular complexity index is 1410. The quantitative estimate of drug-likeness (QED) is 0.199. The van der Waals surface area contributed by atoms with Crippen LogP contribution >= 0.6 is 34.8 Å². The summed E-state index contributed by atoms with van der Waals surface area (Å²) < 4.78 is 16.8. The molecule has 0 aromatic heterocycles. The maximum absolute atomic E-state index is 13.9. The monoisotopic (exact) mass is 660 g/mol. The van der Waals surface area contributed by atoms with Gasteiger partial charge >= 0.3 is 0 Å². The fraction of sp³-hybridized carbons (Fsp3) is 0.441. The van der Waals surface area contributed by atoms with Crippen molar-refractivity contribution in [3.63, 3.8) is 0 Å². The molecule has 0 radical (unpaired) electrons. The molecular formula is C34H39Cl3N2O5. The Hall–Kier alpha value is -2.68. The molecule has 1 amide bonds. The van der Waals surface area contributed by atoms with Crippen LogP contribution in [0.25, 0.3) is 0 Å². The minimum absolute atomic E-state index is 0.0169. The summed E-state index contributed by atoms with van der Waals surface area (Å²) in [5.74, 6) is 0.617. The highest BCUT2D eigenvalue weighted by Crippen LogP contribution is 2.35. The van der Waals surface area contributed by atoms with E-state index in [0.717, 1.165) is 41.6 Å². The van der Waals surface area contributed by atoms with E-state index in [9.17, 15) is 9.90 Å². The van der Waals surface area contributed by atoms with Gasteiger partial charge in [-0.3, -0.25) is 4.79 Å².